The van der Waals surface area contributed by atoms with Crippen LogP contribution in [0.15, 0.2) is 0 Å². The third kappa shape index (κ3) is 2.69. The molecule has 2 unspecified atom stereocenters. The first-order valence-electron chi connectivity index (χ1n) is 7.75. The van der Waals surface area contributed by atoms with Gasteiger partial charge in [-0.2, -0.15) is 5.10 Å². The van der Waals surface area contributed by atoms with Gasteiger partial charge in [0.25, 0.3) is 0 Å². The molecule has 1 fully saturated rings. The summed E-state index contributed by atoms with van der Waals surface area (Å²) in [6.45, 7) is 6.72. The van der Waals surface area contributed by atoms with Crippen LogP contribution in [0.5, 0.6) is 0 Å². The maximum atomic E-state index is 6.36. The van der Waals surface area contributed by atoms with Gasteiger partial charge in [-0.15, -0.1) is 11.6 Å². The normalized spacial score (nSPS) is 21.0. The van der Waals surface area contributed by atoms with Crippen molar-refractivity contribution in [2.75, 3.05) is 13.2 Å². The summed E-state index contributed by atoms with van der Waals surface area (Å²) >= 11 is 6.36. The zero-order valence-corrected chi connectivity index (χ0v) is 13.7. The highest BCUT2D eigenvalue weighted by atomic mass is 35.5. The lowest BCUT2D eigenvalue weighted by Gasteiger charge is -2.23. The molecule has 2 aromatic rings. The van der Waals surface area contributed by atoms with E-state index in [9.17, 15) is 0 Å². The first-order chi connectivity index (χ1) is 10.1. The minimum atomic E-state index is -0.105. The van der Waals surface area contributed by atoms with Crippen LogP contribution in [0.4, 0.5) is 0 Å². The fourth-order valence-corrected chi connectivity index (χ4v) is 3.36. The number of ether oxygens (including phenoxy) is 1. The van der Waals surface area contributed by atoms with E-state index in [0.29, 0.717) is 5.92 Å². The molecule has 0 radical (unpaired) electrons. The maximum absolute atomic E-state index is 6.36. The molecule has 3 rings (SSSR count). The van der Waals surface area contributed by atoms with Crippen LogP contribution in [0.3, 0.4) is 0 Å². The number of hydrogen-bond donors (Lipinski definition) is 0. The first-order valence-corrected chi connectivity index (χ1v) is 8.19. The number of imidazole rings is 1. The molecule has 0 aromatic carbocycles. The Morgan fingerprint density at radius 2 is 2.29 bits per heavy atom. The molecular formula is C15H23ClN4O. The molecule has 0 N–H and O–H groups in total. The minimum Gasteiger partial charge on any atom is -0.381 e. The second-order valence-corrected chi connectivity index (χ2v) is 6.53. The molecule has 2 aromatic heterocycles. The van der Waals surface area contributed by atoms with Gasteiger partial charge in [-0.3, -0.25) is 4.68 Å². The fourth-order valence-electron chi connectivity index (χ4n) is 3.19. The van der Waals surface area contributed by atoms with Crippen molar-refractivity contribution in [3.05, 3.63) is 11.5 Å². The zero-order valence-electron chi connectivity index (χ0n) is 13.0. The summed E-state index contributed by atoms with van der Waals surface area (Å²) in [7, 11) is 1.99. The van der Waals surface area contributed by atoms with E-state index in [1.54, 1.807) is 0 Å². The summed E-state index contributed by atoms with van der Waals surface area (Å²) in [5.41, 5.74) is 3.13. The quantitative estimate of drug-likeness (QED) is 0.815. The molecule has 21 heavy (non-hydrogen) atoms. The Morgan fingerprint density at radius 3 is 2.90 bits per heavy atom. The van der Waals surface area contributed by atoms with Gasteiger partial charge in [0.05, 0.1) is 17.7 Å². The van der Waals surface area contributed by atoms with Gasteiger partial charge in [-0.25, -0.2) is 4.98 Å². The van der Waals surface area contributed by atoms with Crippen LogP contribution in [-0.2, 0) is 24.8 Å². The Labute approximate surface area is 130 Å². The van der Waals surface area contributed by atoms with Gasteiger partial charge in [-0.1, -0.05) is 6.92 Å². The molecule has 0 bridgehead atoms. The summed E-state index contributed by atoms with van der Waals surface area (Å²) in [6, 6.07) is 0. The zero-order chi connectivity index (χ0) is 15.0. The van der Waals surface area contributed by atoms with Crippen LogP contribution in [0.1, 0.15) is 43.6 Å². The molecule has 2 atom stereocenters. The van der Waals surface area contributed by atoms with Crippen molar-refractivity contribution in [2.24, 2.45) is 13.0 Å². The Kier molecular flexibility index (Phi) is 4.22. The smallest absolute Gasteiger partial charge is 0.158 e. The topological polar surface area (TPSA) is 44.9 Å². The Balaban J connectivity index is 2.04. The SMILES string of the molecule is CCc1nn(C)c2c1nc(C(C)Cl)n2CC1CCCOC1. The molecule has 3 heterocycles. The molecular weight excluding hydrogens is 288 g/mol. The summed E-state index contributed by atoms with van der Waals surface area (Å²) in [4.78, 5) is 4.78. The number of fused-ring (bicyclic) bond motifs is 1. The lowest BCUT2D eigenvalue weighted by atomic mass is 10.0. The second kappa shape index (κ2) is 5.97. The number of nitrogens with zero attached hydrogens (tertiary/aromatic N) is 4. The van der Waals surface area contributed by atoms with E-state index in [4.69, 9.17) is 21.3 Å². The van der Waals surface area contributed by atoms with Gasteiger partial charge in [-0.05, 0) is 26.2 Å². The van der Waals surface area contributed by atoms with Gasteiger partial charge in [0.15, 0.2) is 5.65 Å². The largest absolute Gasteiger partial charge is 0.381 e. The van der Waals surface area contributed by atoms with Crippen molar-refractivity contribution >= 4 is 22.8 Å². The van der Waals surface area contributed by atoms with E-state index in [-0.39, 0.29) is 5.38 Å². The van der Waals surface area contributed by atoms with Crippen LogP contribution in [0, 0.1) is 5.92 Å². The standard InChI is InChI=1S/C15H23ClN4O/c1-4-12-13-15(19(3)18-12)20(14(17-13)10(2)16)8-11-6-5-7-21-9-11/h10-11H,4-9H2,1-3H3. The molecule has 1 aliphatic heterocycles. The number of halogens is 1. The number of aryl methyl sites for hydroxylation is 2. The number of aromatic nitrogens is 4. The lowest BCUT2D eigenvalue weighted by molar-refractivity contribution is 0.0484. The number of alkyl halides is 1. The highest BCUT2D eigenvalue weighted by Gasteiger charge is 2.24. The first kappa shape index (κ1) is 14.9. The van der Waals surface area contributed by atoms with Crippen molar-refractivity contribution in [1.82, 2.24) is 19.3 Å². The van der Waals surface area contributed by atoms with Crippen LogP contribution in [0.2, 0.25) is 0 Å². The van der Waals surface area contributed by atoms with Gasteiger partial charge >= 0.3 is 0 Å². The third-order valence-corrected chi connectivity index (χ3v) is 4.40. The molecule has 5 nitrogen and oxygen atoms in total. The predicted octanol–water partition coefficient (Wildman–Crippen LogP) is 3.06. The van der Waals surface area contributed by atoms with E-state index in [1.807, 2.05) is 18.7 Å². The molecule has 0 amide bonds. The van der Waals surface area contributed by atoms with E-state index in [1.165, 1.54) is 6.42 Å². The monoisotopic (exact) mass is 310 g/mol. The Bertz CT molecular complexity index is 625. The van der Waals surface area contributed by atoms with Gasteiger partial charge in [0.1, 0.15) is 11.3 Å². The lowest BCUT2D eigenvalue weighted by Crippen LogP contribution is -2.23. The highest BCUT2D eigenvalue weighted by Crippen LogP contribution is 2.28. The summed E-state index contributed by atoms with van der Waals surface area (Å²) < 4.78 is 9.80. The van der Waals surface area contributed by atoms with Crippen molar-refractivity contribution in [1.29, 1.82) is 0 Å². The summed E-state index contributed by atoms with van der Waals surface area (Å²) in [5.74, 6) is 1.48. The van der Waals surface area contributed by atoms with Crippen molar-refractivity contribution in [3.63, 3.8) is 0 Å². The van der Waals surface area contributed by atoms with Crippen LogP contribution >= 0.6 is 11.6 Å². The Morgan fingerprint density at radius 1 is 1.48 bits per heavy atom. The number of rotatable bonds is 4. The van der Waals surface area contributed by atoms with E-state index in [0.717, 1.165) is 55.3 Å². The third-order valence-electron chi connectivity index (χ3n) is 4.21. The number of hydrogen-bond acceptors (Lipinski definition) is 3. The fraction of sp³-hybridized carbons (Fsp3) is 0.733. The molecule has 0 spiro atoms. The molecule has 116 valence electrons. The van der Waals surface area contributed by atoms with Gasteiger partial charge in [0, 0.05) is 26.1 Å². The van der Waals surface area contributed by atoms with Crippen LogP contribution in [0.25, 0.3) is 11.2 Å². The van der Waals surface area contributed by atoms with E-state index in [2.05, 4.69) is 16.6 Å². The van der Waals surface area contributed by atoms with Crippen molar-refractivity contribution < 1.29 is 4.74 Å². The molecule has 6 heteroatoms. The average molecular weight is 311 g/mol. The summed E-state index contributed by atoms with van der Waals surface area (Å²) in [5, 5.41) is 4.48. The molecule has 0 aliphatic carbocycles. The highest BCUT2D eigenvalue weighted by molar-refractivity contribution is 6.20. The minimum absolute atomic E-state index is 0.105. The van der Waals surface area contributed by atoms with Gasteiger partial charge in [0.2, 0.25) is 0 Å². The van der Waals surface area contributed by atoms with Crippen LogP contribution in [-0.4, -0.2) is 32.5 Å². The molecule has 0 saturated carbocycles. The van der Waals surface area contributed by atoms with Crippen molar-refractivity contribution in [3.8, 4) is 0 Å². The maximum Gasteiger partial charge on any atom is 0.158 e. The Hall–Kier alpha value is -1.07. The van der Waals surface area contributed by atoms with E-state index >= 15 is 0 Å². The molecule has 1 aliphatic rings. The average Bonchev–Trinajstić information content (AvgIpc) is 2.99. The van der Waals surface area contributed by atoms with Crippen molar-refractivity contribution in [2.45, 2.75) is 45.0 Å². The van der Waals surface area contributed by atoms with Gasteiger partial charge < -0.3 is 9.30 Å². The van der Waals surface area contributed by atoms with Crippen LogP contribution < -0.4 is 0 Å². The van der Waals surface area contributed by atoms with E-state index < -0.39 is 0 Å². The predicted molar refractivity (Wildman–Crippen MR) is 83.7 cm³/mol. The molecule has 1 saturated heterocycles. The second-order valence-electron chi connectivity index (χ2n) is 5.88. The summed E-state index contributed by atoms with van der Waals surface area (Å²) in [6.07, 6.45) is 3.23.